The molecule has 0 atom stereocenters. The first-order chi connectivity index (χ1) is 12.1. The third-order valence-corrected chi connectivity index (χ3v) is 5.04. The molecule has 4 rings (SSSR count). The van der Waals surface area contributed by atoms with E-state index in [2.05, 4.69) is 10.3 Å². The molecule has 2 aliphatic rings. The predicted molar refractivity (Wildman–Crippen MR) is 92.9 cm³/mol. The average Bonchev–Trinajstić information content (AvgIpc) is 3.17. The molecule has 8 heteroatoms. The van der Waals surface area contributed by atoms with Crippen molar-refractivity contribution in [3.05, 3.63) is 34.7 Å². The van der Waals surface area contributed by atoms with Gasteiger partial charge in [0.25, 0.3) is 17.1 Å². The second kappa shape index (κ2) is 6.36. The summed E-state index contributed by atoms with van der Waals surface area (Å²) in [4.78, 5) is 41.9. The highest BCUT2D eigenvalue weighted by Crippen LogP contribution is 2.29. The third-order valence-electron chi connectivity index (χ3n) is 4.23. The molecule has 0 spiro atoms. The Bertz CT molecular complexity index is 912. The molecule has 0 aromatic carbocycles. The summed E-state index contributed by atoms with van der Waals surface area (Å²) in [6, 6.07) is 1.71. The van der Waals surface area contributed by atoms with Crippen LogP contribution < -0.4 is 5.32 Å². The van der Waals surface area contributed by atoms with Crippen LogP contribution in [-0.2, 0) is 4.79 Å². The standard InChI is InChI=1S/C17H15N3O4S/c21-15-13(25-17(23)19-15)7-11-6-10-8-18-9-12(14(10)24-11)16(22)20-4-2-1-3-5-20/h6-9H,1-5H2,(H,19,21,23). The quantitative estimate of drug-likeness (QED) is 0.831. The SMILES string of the molecule is O=C1NC(=O)C(=Cc2cc3cncc(C(=O)N4CCCCC4)c3o2)S1. The van der Waals surface area contributed by atoms with E-state index in [1.807, 2.05) is 4.90 Å². The molecule has 7 nitrogen and oxygen atoms in total. The van der Waals surface area contributed by atoms with Gasteiger partial charge in [0.1, 0.15) is 11.3 Å². The summed E-state index contributed by atoms with van der Waals surface area (Å²) in [6.07, 6.45) is 7.78. The number of rotatable bonds is 2. The summed E-state index contributed by atoms with van der Waals surface area (Å²) in [5.41, 5.74) is 0.871. The van der Waals surface area contributed by atoms with Crippen molar-refractivity contribution in [2.45, 2.75) is 19.3 Å². The molecule has 0 bridgehead atoms. The van der Waals surface area contributed by atoms with Crippen LogP contribution in [0, 0.1) is 0 Å². The Hall–Kier alpha value is -2.61. The van der Waals surface area contributed by atoms with Gasteiger partial charge < -0.3 is 9.32 Å². The predicted octanol–water partition coefficient (Wildman–Crippen LogP) is 2.78. The van der Waals surface area contributed by atoms with Gasteiger partial charge in [-0.15, -0.1) is 0 Å². The first-order valence-corrected chi connectivity index (χ1v) is 8.85. The van der Waals surface area contributed by atoms with Crippen LogP contribution in [0.25, 0.3) is 17.0 Å². The summed E-state index contributed by atoms with van der Waals surface area (Å²) >= 11 is 0.822. The van der Waals surface area contributed by atoms with Gasteiger partial charge in [-0.25, -0.2) is 0 Å². The van der Waals surface area contributed by atoms with Gasteiger partial charge in [-0.1, -0.05) is 0 Å². The van der Waals surface area contributed by atoms with Crippen LogP contribution in [-0.4, -0.2) is 40.0 Å². The molecule has 0 saturated carbocycles. The maximum absolute atomic E-state index is 12.8. The van der Waals surface area contributed by atoms with Crippen LogP contribution in [0.2, 0.25) is 0 Å². The maximum atomic E-state index is 12.8. The molecule has 3 amide bonds. The second-order valence-electron chi connectivity index (χ2n) is 5.96. The van der Waals surface area contributed by atoms with Crippen molar-refractivity contribution >= 4 is 45.9 Å². The number of carbonyl (C=O) groups is 3. The third kappa shape index (κ3) is 3.05. The van der Waals surface area contributed by atoms with E-state index in [0.717, 1.165) is 44.1 Å². The van der Waals surface area contributed by atoms with Gasteiger partial charge in [0, 0.05) is 36.9 Å². The number of aromatic nitrogens is 1. The van der Waals surface area contributed by atoms with E-state index in [0.29, 0.717) is 22.3 Å². The number of fused-ring (bicyclic) bond motifs is 1. The van der Waals surface area contributed by atoms with Crippen LogP contribution >= 0.6 is 11.8 Å². The topological polar surface area (TPSA) is 92.5 Å². The molecule has 2 fully saturated rings. The van der Waals surface area contributed by atoms with E-state index in [1.165, 1.54) is 12.3 Å². The van der Waals surface area contributed by atoms with Crippen LogP contribution in [0.3, 0.4) is 0 Å². The largest absolute Gasteiger partial charge is 0.456 e. The first-order valence-electron chi connectivity index (χ1n) is 8.03. The zero-order chi connectivity index (χ0) is 17.4. The van der Waals surface area contributed by atoms with Gasteiger partial charge in [0.15, 0.2) is 5.58 Å². The molecule has 2 aromatic rings. The fraction of sp³-hybridized carbons (Fsp3) is 0.294. The number of pyridine rings is 1. The molecular formula is C17H15N3O4S. The highest BCUT2D eigenvalue weighted by molar-refractivity contribution is 8.18. The number of piperidine rings is 1. The Balaban J connectivity index is 1.69. The number of thioether (sulfide) groups is 1. The lowest BCUT2D eigenvalue weighted by Gasteiger charge is -2.26. The van der Waals surface area contributed by atoms with E-state index in [9.17, 15) is 14.4 Å². The highest BCUT2D eigenvalue weighted by Gasteiger charge is 2.26. The Labute approximate surface area is 147 Å². The zero-order valence-electron chi connectivity index (χ0n) is 13.3. The van der Waals surface area contributed by atoms with Gasteiger partial charge >= 0.3 is 0 Å². The van der Waals surface area contributed by atoms with Gasteiger partial charge in [-0.05, 0) is 37.1 Å². The van der Waals surface area contributed by atoms with Crippen LogP contribution in [0.4, 0.5) is 4.79 Å². The Morgan fingerprint density at radius 2 is 2.04 bits per heavy atom. The molecule has 128 valence electrons. The van der Waals surface area contributed by atoms with E-state index < -0.39 is 11.1 Å². The Morgan fingerprint density at radius 3 is 2.76 bits per heavy atom. The summed E-state index contributed by atoms with van der Waals surface area (Å²) in [5.74, 6) is -0.129. The number of hydrogen-bond acceptors (Lipinski definition) is 6. The minimum atomic E-state index is -0.446. The number of imide groups is 1. The average molecular weight is 357 g/mol. The fourth-order valence-electron chi connectivity index (χ4n) is 3.02. The van der Waals surface area contributed by atoms with Crippen LogP contribution in [0.5, 0.6) is 0 Å². The van der Waals surface area contributed by atoms with Gasteiger partial charge in [0.2, 0.25) is 0 Å². The van der Waals surface area contributed by atoms with Gasteiger partial charge in [-0.3, -0.25) is 24.7 Å². The summed E-state index contributed by atoms with van der Waals surface area (Å²) in [7, 11) is 0. The van der Waals surface area contributed by atoms with Crippen molar-refractivity contribution < 1.29 is 18.8 Å². The Morgan fingerprint density at radius 1 is 1.24 bits per heavy atom. The van der Waals surface area contributed by atoms with E-state index in [1.54, 1.807) is 12.3 Å². The molecule has 2 aliphatic heterocycles. The molecule has 1 N–H and O–H groups in total. The molecule has 2 saturated heterocycles. The molecule has 2 aromatic heterocycles. The minimum Gasteiger partial charge on any atom is -0.456 e. The van der Waals surface area contributed by atoms with E-state index in [4.69, 9.17) is 4.42 Å². The maximum Gasteiger partial charge on any atom is 0.290 e. The van der Waals surface area contributed by atoms with Crippen molar-refractivity contribution in [2.24, 2.45) is 0 Å². The van der Waals surface area contributed by atoms with Crippen molar-refractivity contribution in [1.29, 1.82) is 0 Å². The summed E-state index contributed by atoms with van der Waals surface area (Å²) in [5, 5.41) is 2.47. The second-order valence-corrected chi connectivity index (χ2v) is 6.97. The number of hydrogen-bond donors (Lipinski definition) is 1. The number of carbonyl (C=O) groups excluding carboxylic acids is 3. The highest BCUT2D eigenvalue weighted by atomic mass is 32.2. The molecule has 4 heterocycles. The lowest BCUT2D eigenvalue weighted by molar-refractivity contribution is -0.115. The summed E-state index contributed by atoms with van der Waals surface area (Å²) < 4.78 is 5.79. The number of amides is 3. The van der Waals surface area contributed by atoms with Crippen molar-refractivity contribution in [3.63, 3.8) is 0 Å². The lowest BCUT2D eigenvalue weighted by atomic mass is 10.1. The van der Waals surface area contributed by atoms with Crippen LogP contribution in [0.1, 0.15) is 35.4 Å². The smallest absolute Gasteiger partial charge is 0.290 e. The first kappa shape index (κ1) is 15.9. The molecule has 0 radical (unpaired) electrons. The lowest BCUT2D eigenvalue weighted by Crippen LogP contribution is -2.35. The van der Waals surface area contributed by atoms with E-state index >= 15 is 0 Å². The monoisotopic (exact) mass is 357 g/mol. The van der Waals surface area contributed by atoms with E-state index in [-0.39, 0.29) is 10.8 Å². The minimum absolute atomic E-state index is 0.0884. The number of nitrogens with zero attached hydrogens (tertiary/aromatic N) is 2. The van der Waals surface area contributed by atoms with Gasteiger partial charge in [-0.2, -0.15) is 0 Å². The van der Waals surface area contributed by atoms with Crippen molar-refractivity contribution in [3.8, 4) is 0 Å². The van der Waals surface area contributed by atoms with Crippen molar-refractivity contribution in [2.75, 3.05) is 13.1 Å². The molecule has 0 aliphatic carbocycles. The molecule has 25 heavy (non-hydrogen) atoms. The molecule has 0 unspecified atom stereocenters. The van der Waals surface area contributed by atoms with Crippen molar-refractivity contribution in [1.82, 2.24) is 15.2 Å². The number of furan rings is 1. The van der Waals surface area contributed by atoms with Gasteiger partial charge in [0.05, 0.1) is 4.91 Å². The molecular weight excluding hydrogens is 342 g/mol. The van der Waals surface area contributed by atoms with Crippen LogP contribution in [0.15, 0.2) is 27.8 Å². The normalized spacial score (nSPS) is 19.7. The number of likely N-dealkylation sites (tertiary alicyclic amines) is 1. The zero-order valence-corrected chi connectivity index (χ0v) is 14.1. The number of nitrogens with one attached hydrogen (secondary N) is 1. The summed E-state index contributed by atoms with van der Waals surface area (Å²) in [6.45, 7) is 1.48. The Kier molecular flexibility index (Phi) is 4.04. The fourth-order valence-corrected chi connectivity index (χ4v) is 3.69.